The van der Waals surface area contributed by atoms with Gasteiger partial charge in [0.25, 0.3) is 17.4 Å². The second-order valence-corrected chi connectivity index (χ2v) is 7.00. The molecule has 0 saturated carbocycles. The largest absolute Gasteiger partial charge is 0.465 e. The van der Waals surface area contributed by atoms with Crippen molar-refractivity contribution in [2.75, 3.05) is 22.5 Å². The van der Waals surface area contributed by atoms with Crippen LogP contribution in [0.5, 0.6) is 5.75 Å². The highest BCUT2D eigenvalue weighted by Gasteiger charge is 2.50. The molecule has 4 rings (SSSR count). The molecule has 2 aliphatic heterocycles. The number of benzene rings is 2. The molecule has 2 amide bonds. The predicted molar refractivity (Wildman–Crippen MR) is 93.6 cm³/mol. The van der Waals surface area contributed by atoms with Crippen LogP contribution in [-0.4, -0.2) is 29.7 Å². The molecule has 24 heavy (non-hydrogen) atoms. The van der Waals surface area contributed by atoms with Crippen LogP contribution in [0, 0.1) is 0 Å². The maximum atomic E-state index is 13.2. The van der Waals surface area contributed by atoms with Crippen LogP contribution in [0.2, 0.25) is 0 Å². The van der Waals surface area contributed by atoms with Gasteiger partial charge in [0.05, 0.1) is 11.4 Å². The smallest absolute Gasteiger partial charge is 0.280 e. The van der Waals surface area contributed by atoms with Crippen LogP contribution in [-0.2, 0) is 9.59 Å². The Hall–Kier alpha value is -2.47. The molecule has 1 atom stereocenters. The number of carbonyl (C=O) groups excluding carboxylic acids is 2. The van der Waals surface area contributed by atoms with Crippen molar-refractivity contribution >= 4 is 35.0 Å². The standard InChI is InChI=1S/C18H16N2O3S/c1-18(16(21)19-12-6-2-4-8-14(12)23-18)17(22)20-10-11-24-15-9-5-3-7-13(15)20/h2-9H,10-11H2,1H3,(H,19,21). The molecular weight excluding hydrogens is 324 g/mol. The number of thioether (sulfide) groups is 1. The van der Waals surface area contributed by atoms with E-state index in [9.17, 15) is 9.59 Å². The lowest BCUT2D eigenvalue weighted by Gasteiger charge is -2.38. The van der Waals surface area contributed by atoms with Crippen LogP contribution in [0.3, 0.4) is 0 Å². The van der Waals surface area contributed by atoms with E-state index in [-0.39, 0.29) is 5.91 Å². The van der Waals surface area contributed by atoms with Gasteiger partial charge in [-0.2, -0.15) is 0 Å². The fraction of sp³-hybridized carbons (Fsp3) is 0.222. The van der Waals surface area contributed by atoms with Gasteiger partial charge >= 0.3 is 0 Å². The minimum atomic E-state index is -1.58. The third-order valence-electron chi connectivity index (χ3n) is 4.26. The first-order chi connectivity index (χ1) is 11.6. The number of anilines is 2. The zero-order valence-electron chi connectivity index (χ0n) is 13.1. The second-order valence-electron chi connectivity index (χ2n) is 5.86. The third kappa shape index (κ3) is 2.26. The van der Waals surface area contributed by atoms with E-state index in [1.54, 1.807) is 28.8 Å². The van der Waals surface area contributed by atoms with Gasteiger partial charge in [0.1, 0.15) is 5.75 Å². The molecule has 1 unspecified atom stereocenters. The van der Waals surface area contributed by atoms with E-state index in [2.05, 4.69) is 5.32 Å². The number of nitrogens with one attached hydrogen (secondary N) is 1. The van der Waals surface area contributed by atoms with E-state index < -0.39 is 11.5 Å². The van der Waals surface area contributed by atoms with Crippen molar-refractivity contribution in [3.05, 3.63) is 48.5 Å². The normalized spacial score (nSPS) is 22.0. The summed E-state index contributed by atoms with van der Waals surface area (Å²) in [7, 11) is 0. The number of ether oxygens (including phenoxy) is 1. The number of hydrogen-bond acceptors (Lipinski definition) is 4. The van der Waals surface area contributed by atoms with Crippen molar-refractivity contribution in [3.8, 4) is 5.75 Å². The monoisotopic (exact) mass is 340 g/mol. The molecule has 6 heteroatoms. The molecule has 5 nitrogen and oxygen atoms in total. The first kappa shape index (κ1) is 15.1. The summed E-state index contributed by atoms with van der Waals surface area (Å²) in [4.78, 5) is 28.5. The second kappa shape index (κ2) is 5.56. The molecular formula is C18H16N2O3S. The lowest BCUT2D eigenvalue weighted by Crippen LogP contribution is -2.60. The van der Waals surface area contributed by atoms with Crippen molar-refractivity contribution in [2.45, 2.75) is 17.4 Å². The van der Waals surface area contributed by atoms with Crippen molar-refractivity contribution in [1.29, 1.82) is 0 Å². The molecule has 0 radical (unpaired) electrons. The SMILES string of the molecule is CC1(C(=O)N2CCSc3ccccc32)Oc2ccccc2NC1=O. The molecule has 0 bridgehead atoms. The van der Waals surface area contributed by atoms with Gasteiger partial charge in [0, 0.05) is 17.2 Å². The van der Waals surface area contributed by atoms with Gasteiger partial charge in [-0.15, -0.1) is 11.8 Å². The Morgan fingerprint density at radius 3 is 2.83 bits per heavy atom. The highest BCUT2D eigenvalue weighted by molar-refractivity contribution is 7.99. The maximum absolute atomic E-state index is 13.2. The summed E-state index contributed by atoms with van der Waals surface area (Å²) in [6.07, 6.45) is 0. The Morgan fingerprint density at radius 2 is 1.96 bits per heavy atom. The molecule has 0 aliphatic carbocycles. The Morgan fingerprint density at radius 1 is 1.21 bits per heavy atom. The molecule has 0 saturated heterocycles. The quantitative estimate of drug-likeness (QED) is 0.811. The van der Waals surface area contributed by atoms with Gasteiger partial charge in [-0.25, -0.2) is 0 Å². The van der Waals surface area contributed by atoms with Gasteiger partial charge < -0.3 is 15.0 Å². The molecule has 2 aliphatic rings. The number of amides is 2. The Kier molecular flexibility index (Phi) is 3.49. The third-order valence-corrected chi connectivity index (χ3v) is 5.31. The summed E-state index contributed by atoms with van der Waals surface area (Å²) >= 11 is 1.71. The fourth-order valence-corrected chi connectivity index (χ4v) is 3.94. The molecule has 122 valence electrons. The lowest BCUT2D eigenvalue weighted by molar-refractivity contribution is -0.144. The van der Waals surface area contributed by atoms with Crippen LogP contribution in [0.1, 0.15) is 6.92 Å². The topological polar surface area (TPSA) is 58.6 Å². The van der Waals surface area contributed by atoms with E-state index >= 15 is 0 Å². The highest BCUT2D eigenvalue weighted by Crippen LogP contribution is 2.38. The van der Waals surface area contributed by atoms with E-state index in [4.69, 9.17) is 4.74 Å². The minimum absolute atomic E-state index is 0.345. The highest BCUT2D eigenvalue weighted by atomic mass is 32.2. The molecule has 2 heterocycles. The Balaban J connectivity index is 1.71. The number of rotatable bonds is 1. The minimum Gasteiger partial charge on any atom is -0.465 e. The van der Waals surface area contributed by atoms with Gasteiger partial charge in [-0.3, -0.25) is 9.59 Å². The molecule has 1 N–H and O–H groups in total. The summed E-state index contributed by atoms with van der Waals surface area (Å²) in [5.74, 6) is 0.508. The van der Waals surface area contributed by atoms with E-state index in [0.717, 1.165) is 16.3 Å². The maximum Gasteiger partial charge on any atom is 0.280 e. The van der Waals surface area contributed by atoms with E-state index in [1.165, 1.54) is 6.92 Å². The van der Waals surface area contributed by atoms with Gasteiger partial charge in [-0.1, -0.05) is 24.3 Å². The number of carbonyl (C=O) groups is 2. The molecule has 0 aromatic heterocycles. The summed E-state index contributed by atoms with van der Waals surface area (Å²) in [5.41, 5.74) is -0.165. The zero-order valence-corrected chi connectivity index (χ0v) is 13.9. The predicted octanol–water partition coefficient (Wildman–Crippen LogP) is 2.92. The van der Waals surface area contributed by atoms with Crippen LogP contribution in [0.4, 0.5) is 11.4 Å². The van der Waals surface area contributed by atoms with Gasteiger partial charge in [0.2, 0.25) is 0 Å². The van der Waals surface area contributed by atoms with Crippen LogP contribution in [0.15, 0.2) is 53.4 Å². The summed E-state index contributed by atoms with van der Waals surface area (Å²) < 4.78 is 5.85. The fourth-order valence-electron chi connectivity index (χ4n) is 2.95. The Bertz CT molecular complexity index is 839. The Labute approximate surface area is 144 Å². The van der Waals surface area contributed by atoms with Crippen molar-refractivity contribution in [2.24, 2.45) is 0 Å². The molecule has 0 fully saturated rings. The first-order valence-electron chi connectivity index (χ1n) is 7.73. The van der Waals surface area contributed by atoms with Crippen LogP contribution >= 0.6 is 11.8 Å². The molecule has 2 aromatic rings. The van der Waals surface area contributed by atoms with Crippen LogP contribution < -0.4 is 15.0 Å². The average molecular weight is 340 g/mol. The summed E-state index contributed by atoms with van der Waals surface area (Å²) in [6, 6.07) is 14.9. The lowest BCUT2D eigenvalue weighted by atomic mass is 10.00. The van der Waals surface area contributed by atoms with E-state index in [0.29, 0.717) is 18.0 Å². The number of para-hydroxylation sites is 3. The summed E-state index contributed by atoms with van der Waals surface area (Å²) in [6.45, 7) is 2.08. The molecule has 0 spiro atoms. The average Bonchev–Trinajstić information content (AvgIpc) is 2.61. The molecule has 2 aromatic carbocycles. The van der Waals surface area contributed by atoms with Gasteiger partial charge in [-0.05, 0) is 31.2 Å². The van der Waals surface area contributed by atoms with Crippen molar-refractivity contribution in [3.63, 3.8) is 0 Å². The number of fused-ring (bicyclic) bond motifs is 2. The van der Waals surface area contributed by atoms with Crippen molar-refractivity contribution in [1.82, 2.24) is 0 Å². The number of hydrogen-bond donors (Lipinski definition) is 1. The number of nitrogens with zero attached hydrogens (tertiary/aromatic N) is 1. The van der Waals surface area contributed by atoms with E-state index in [1.807, 2.05) is 36.4 Å². The zero-order chi connectivity index (χ0) is 16.7. The van der Waals surface area contributed by atoms with Crippen molar-refractivity contribution < 1.29 is 14.3 Å². The van der Waals surface area contributed by atoms with Crippen LogP contribution in [0.25, 0.3) is 0 Å². The first-order valence-corrected chi connectivity index (χ1v) is 8.71. The summed E-state index contributed by atoms with van der Waals surface area (Å²) in [5, 5.41) is 2.78. The van der Waals surface area contributed by atoms with Gasteiger partial charge in [0.15, 0.2) is 0 Å².